The number of unbranched alkanes of at least 4 members (excludes halogenated alkanes) is 27. The van der Waals surface area contributed by atoms with Gasteiger partial charge in [-0.05, 0) is 122 Å². The molecule has 0 fully saturated rings. The number of carbonyl (C=O) groups is 3. The second-order valence-electron chi connectivity index (χ2n) is 25.8. The lowest BCUT2D eigenvalue weighted by Gasteiger charge is -2.25. The second kappa shape index (κ2) is 72.7. The molecule has 0 saturated heterocycles. The zero-order valence-corrected chi connectivity index (χ0v) is 60.4. The van der Waals surface area contributed by atoms with Crippen molar-refractivity contribution in [1.29, 1.82) is 0 Å². The minimum absolute atomic E-state index is 0.174. The van der Waals surface area contributed by atoms with Crippen LogP contribution in [0.5, 0.6) is 0 Å². The van der Waals surface area contributed by atoms with Gasteiger partial charge in [-0.15, -0.1) is 0 Å². The molecule has 0 saturated carbocycles. The molecule has 93 heavy (non-hydrogen) atoms. The number of ether oxygens (including phenoxy) is 4. The summed E-state index contributed by atoms with van der Waals surface area (Å²) >= 11 is 0. The van der Waals surface area contributed by atoms with Crippen LogP contribution >= 0.6 is 0 Å². The molecular weight excluding hydrogens is 1150 g/mol. The zero-order valence-electron chi connectivity index (χ0n) is 60.4. The number of allylic oxidation sites excluding steroid dienone is 26. The van der Waals surface area contributed by atoms with Crippen molar-refractivity contribution < 1.29 is 42.9 Å². The molecule has 2 unspecified atom stereocenters. The number of esters is 2. The van der Waals surface area contributed by atoms with E-state index in [1.165, 1.54) is 141 Å². The van der Waals surface area contributed by atoms with E-state index in [2.05, 4.69) is 172 Å². The van der Waals surface area contributed by atoms with E-state index < -0.39 is 24.3 Å². The molecule has 528 valence electrons. The first kappa shape index (κ1) is 87.9. The standard InChI is InChI=1S/C84H139NO8/c1-6-8-10-12-14-16-18-20-22-24-26-28-30-32-34-36-38-39-40-41-42-43-45-46-48-50-52-54-56-58-60-62-64-66-68-70-72-74-81(86)91-78-80(79-92-84(83(88)89)90-77-76-85(3,4)5)93-82(87)75-73-71-69-67-65-63-61-59-57-55-53-51-49-47-44-37-35-33-31-29-27-25-23-21-19-17-15-13-11-9-7-2/h8-11,14-17,20-23,26-29,33,35,44,47,51,53,57,59,63,65,80,84H,6-7,12-13,18-19,24-25,30-32,34,36-43,45-46,48-50,52,54-56,58,60-62,64,66-79H2,1-5H3/p+1/b10-8-,11-9-,16-14-,17-15-,22-20-,23-21-,28-26-,29-27-,35-33-,47-44-,53-51-,59-57-,65-63-. The van der Waals surface area contributed by atoms with Crippen LogP contribution in [0.3, 0.4) is 0 Å². The van der Waals surface area contributed by atoms with Gasteiger partial charge in [0.05, 0.1) is 34.4 Å². The maximum atomic E-state index is 12.9. The normalized spacial score (nSPS) is 13.6. The van der Waals surface area contributed by atoms with E-state index in [1.807, 2.05) is 21.1 Å². The Morgan fingerprint density at radius 2 is 0.581 bits per heavy atom. The van der Waals surface area contributed by atoms with Gasteiger partial charge in [0, 0.05) is 12.8 Å². The first-order valence-electron chi connectivity index (χ1n) is 37.6. The molecule has 0 aliphatic heterocycles. The van der Waals surface area contributed by atoms with Crippen LogP contribution in [0.15, 0.2) is 158 Å². The van der Waals surface area contributed by atoms with Crippen molar-refractivity contribution >= 4 is 17.9 Å². The van der Waals surface area contributed by atoms with Gasteiger partial charge in [0.1, 0.15) is 13.2 Å². The summed E-state index contributed by atoms with van der Waals surface area (Å²) in [6, 6.07) is 0. The zero-order chi connectivity index (χ0) is 67.5. The second-order valence-corrected chi connectivity index (χ2v) is 25.8. The van der Waals surface area contributed by atoms with E-state index in [1.54, 1.807) is 0 Å². The maximum absolute atomic E-state index is 12.9. The fourth-order valence-corrected chi connectivity index (χ4v) is 10.1. The number of rotatable bonds is 68. The molecule has 0 bridgehead atoms. The van der Waals surface area contributed by atoms with E-state index in [0.717, 1.165) is 122 Å². The summed E-state index contributed by atoms with van der Waals surface area (Å²) in [5.41, 5.74) is 0. The Morgan fingerprint density at radius 1 is 0.323 bits per heavy atom. The summed E-state index contributed by atoms with van der Waals surface area (Å²) < 4.78 is 23.0. The van der Waals surface area contributed by atoms with Crippen LogP contribution in [0.4, 0.5) is 0 Å². The Bertz CT molecular complexity index is 2090. The van der Waals surface area contributed by atoms with Crippen molar-refractivity contribution in [3.8, 4) is 0 Å². The predicted molar refractivity (Wildman–Crippen MR) is 400 cm³/mol. The van der Waals surface area contributed by atoms with Gasteiger partial charge in [-0.25, -0.2) is 4.79 Å². The third-order valence-electron chi connectivity index (χ3n) is 15.8. The minimum atomic E-state index is -1.53. The highest BCUT2D eigenvalue weighted by atomic mass is 16.7. The van der Waals surface area contributed by atoms with Crippen molar-refractivity contribution in [1.82, 2.24) is 0 Å². The molecule has 0 aromatic rings. The van der Waals surface area contributed by atoms with Crippen LogP contribution in [0.25, 0.3) is 0 Å². The van der Waals surface area contributed by atoms with Gasteiger partial charge in [-0.2, -0.15) is 0 Å². The molecule has 0 rings (SSSR count). The van der Waals surface area contributed by atoms with Crippen LogP contribution in [0.2, 0.25) is 0 Å². The Labute approximate surface area is 572 Å². The van der Waals surface area contributed by atoms with E-state index in [9.17, 15) is 19.5 Å². The molecule has 0 spiro atoms. The minimum Gasteiger partial charge on any atom is -0.477 e. The third-order valence-corrected chi connectivity index (χ3v) is 15.8. The summed E-state index contributed by atoms with van der Waals surface area (Å²) in [6.07, 6.45) is 105. The lowest BCUT2D eigenvalue weighted by Crippen LogP contribution is -2.40. The van der Waals surface area contributed by atoms with E-state index in [4.69, 9.17) is 18.9 Å². The molecule has 0 aromatic carbocycles. The molecule has 0 aromatic heterocycles. The van der Waals surface area contributed by atoms with Gasteiger partial charge in [0.15, 0.2) is 6.10 Å². The van der Waals surface area contributed by atoms with Gasteiger partial charge in [0.2, 0.25) is 0 Å². The fraction of sp³-hybridized carbons (Fsp3) is 0.655. The molecule has 0 amide bonds. The van der Waals surface area contributed by atoms with Crippen molar-refractivity contribution in [2.75, 3.05) is 47.5 Å². The Morgan fingerprint density at radius 3 is 0.871 bits per heavy atom. The number of carbonyl (C=O) groups excluding carboxylic acids is 2. The van der Waals surface area contributed by atoms with Crippen molar-refractivity contribution in [3.05, 3.63) is 158 Å². The van der Waals surface area contributed by atoms with Gasteiger partial charge < -0.3 is 28.5 Å². The molecule has 9 heteroatoms. The number of quaternary nitrogens is 1. The Hall–Kier alpha value is -5.09. The van der Waals surface area contributed by atoms with Crippen LogP contribution in [-0.4, -0.2) is 87.4 Å². The molecule has 2 atom stereocenters. The molecule has 0 heterocycles. The average molecular weight is 1290 g/mol. The van der Waals surface area contributed by atoms with E-state index >= 15 is 0 Å². The summed E-state index contributed by atoms with van der Waals surface area (Å²) in [6.45, 7) is 4.62. The highest BCUT2D eigenvalue weighted by molar-refractivity contribution is 5.71. The number of hydrogen-bond donors (Lipinski definition) is 1. The Kier molecular flexibility index (Phi) is 68.8. The maximum Gasteiger partial charge on any atom is 0.361 e. The number of nitrogens with zero attached hydrogens (tertiary/aromatic N) is 1. The van der Waals surface area contributed by atoms with Crippen molar-refractivity contribution in [2.24, 2.45) is 0 Å². The van der Waals surface area contributed by atoms with E-state index in [-0.39, 0.29) is 38.6 Å². The number of hydrogen-bond acceptors (Lipinski definition) is 7. The fourth-order valence-electron chi connectivity index (χ4n) is 10.1. The predicted octanol–water partition coefficient (Wildman–Crippen LogP) is 24.0. The Balaban J connectivity index is 4.13. The monoisotopic (exact) mass is 1290 g/mol. The topological polar surface area (TPSA) is 108 Å². The van der Waals surface area contributed by atoms with Crippen molar-refractivity contribution in [2.45, 2.75) is 309 Å². The lowest BCUT2D eigenvalue weighted by molar-refractivity contribution is -0.870. The summed E-state index contributed by atoms with van der Waals surface area (Å²) in [5, 5.41) is 9.76. The lowest BCUT2D eigenvalue weighted by atomic mass is 10.0. The first-order valence-corrected chi connectivity index (χ1v) is 37.6. The molecule has 0 aliphatic rings. The van der Waals surface area contributed by atoms with Gasteiger partial charge >= 0.3 is 17.9 Å². The first-order chi connectivity index (χ1) is 45.6. The highest BCUT2D eigenvalue weighted by Crippen LogP contribution is 2.17. The quantitative estimate of drug-likeness (QED) is 0.0211. The van der Waals surface area contributed by atoms with Crippen LogP contribution in [0.1, 0.15) is 296 Å². The van der Waals surface area contributed by atoms with Gasteiger partial charge in [-0.3, -0.25) is 9.59 Å². The highest BCUT2D eigenvalue weighted by Gasteiger charge is 2.25. The summed E-state index contributed by atoms with van der Waals surface area (Å²) in [4.78, 5) is 37.7. The van der Waals surface area contributed by atoms with Crippen LogP contribution in [0, 0.1) is 0 Å². The molecular formula is C84H140NO8+. The molecule has 0 aliphatic carbocycles. The average Bonchev–Trinajstić information content (AvgIpc) is 3.38. The third kappa shape index (κ3) is 74.2. The summed E-state index contributed by atoms with van der Waals surface area (Å²) in [5.74, 6) is -2.05. The number of carboxylic acids is 1. The molecule has 9 nitrogen and oxygen atoms in total. The summed E-state index contributed by atoms with van der Waals surface area (Å²) in [7, 11) is 5.96. The number of likely N-dealkylation sites (N-methyl/N-ethyl adjacent to an activating group) is 1. The van der Waals surface area contributed by atoms with Gasteiger partial charge in [0.25, 0.3) is 6.29 Å². The smallest absolute Gasteiger partial charge is 0.361 e. The largest absolute Gasteiger partial charge is 0.477 e. The van der Waals surface area contributed by atoms with Crippen LogP contribution < -0.4 is 0 Å². The number of carboxylic acid groups (broad SMARTS) is 1. The van der Waals surface area contributed by atoms with Crippen molar-refractivity contribution in [3.63, 3.8) is 0 Å². The molecule has 0 radical (unpaired) electrons. The molecule has 1 N–H and O–H groups in total. The SMILES string of the molecule is CC/C=C\C/C=C\C/C=C\C/C=C\C/C=C\C/C=C\C/C=C\C/C=C\C/C=C\CCCCCC(=O)OC(COC(=O)CCCCCCCCCCCCCCCCCCCCCCCCCC/C=C\C/C=C\C/C=C\C/C=C\CC)COC(OCC[N+](C)(C)C)C(=O)O. The van der Waals surface area contributed by atoms with Crippen LogP contribution in [-0.2, 0) is 33.3 Å². The van der Waals surface area contributed by atoms with Gasteiger partial charge in [-0.1, -0.05) is 320 Å². The van der Waals surface area contributed by atoms with E-state index in [0.29, 0.717) is 17.4 Å². The number of aliphatic carboxylic acids is 1.